The molecule has 0 fully saturated rings. The normalized spacial score (nSPS) is 11.2. The van der Waals surface area contributed by atoms with Crippen molar-refractivity contribution in [1.82, 2.24) is 4.98 Å². The molecule has 0 saturated heterocycles. The number of aromatic amines is 1. The van der Waals surface area contributed by atoms with E-state index in [1.165, 1.54) is 0 Å². The highest BCUT2D eigenvalue weighted by atomic mass is 79.9. The predicted octanol–water partition coefficient (Wildman–Crippen LogP) is 1.98. The van der Waals surface area contributed by atoms with Crippen LogP contribution in [0.15, 0.2) is 10.9 Å². The van der Waals surface area contributed by atoms with Crippen LogP contribution in [0.3, 0.4) is 0 Å². The Morgan fingerprint density at radius 2 is 2.12 bits per heavy atom. The van der Waals surface area contributed by atoms with Crippen LogP contribution in [0.5, 0.6) is 5.88 Å². The average Bonchev–Trinajstić information content (AvgIpc) is 2.14. The van der Waals surface area contributed by atoms with Crippen LogP contribution in [0.2, 0.25) is 0 Å². The Morgan fingerprint density at radius 3 is 2.56 bits per heavy atom. The van der Waals surface area contributed by atoms with Gasteiger partial charge in [-0.15, -0.1) is 13.2 Å². The number of hydrogen-bond acceptors (Lipinski definition) is 3. The van der Waals surface area contributed by atoms with E-state index in [1.54, 1.807) is 0 Å². The van der Waals surface area contributed by atoms with Gasteiger partial charge in [0.15, 0.2) is 11.7 Å². The molecular weight excluding hydrogens is 295 g/mol. The molecule has 0 atom stereocenters. The fraction of sp³-hybridized carbons (Fsp3) is 0.250. The first kappa shape index (κ1) is 12.8. The highest BCUT2D eigenvalue weighted by Gasteiger charge is 2.33. The predicted molar refractivity (Wildman–Crippen MR) is 51.8 cm³/mol. The van der Waals surface area contributed by atoms with E-state index in [9.17, 15) is 22.8 Å². The van der Waals surface area contributed by atoms with Crippen molar-refractivity contribution in [3.05, 3.63) is 27.5 Å². The molecule has 1 aromatic rings. The molecule has 0 aliphatic rings. The van der Waals surface area contributed by atoms with Crippen molar-refractivity contribution >= 4 is 22.2 Å². The van der Waals surface area contributed by atoms with E-state index in [0.29, 0.717) is 0 Å². The number of rotatable bonds is 3. The Balaban J connectivity index is 3.29. The maximum Gasteiger partial charge on any atom is 0.574 e. The van der Waals surface area contributed by atoms with E-state index in [0.717, 1.165) is 6.07 Å². The molecule has 0 saturated carbocycles. The molecule has 0 bridgehead atoms. The second-order valence-electron chi connectivity index (χ2n) is 2.70. The Labute approximate surface area is 95.5 Å². The standard InChI is InChI=1S/C8H5BrF3NO3/c9-2-4-1-6(15)5(3-14)7(13-4)16-8(10,11)12/h1,3H,2H2,(H,13,15). The van der Waals surface area contributed by atoms with Gasteiger partial charge in [0.25, 0.3) is 0 Å². The molecule has 16 heavy (non-hydrogen) atoms. The number of alkyl halides is 4. The van der Waals surface area contributed by atoms with Crippen molar-refractivity contribution < 1.29 is 22.7 Å². The van der Waals surface area contributed by atoms with Crippen LogP contribution in [-0.4, -0.2) is 17.6 Å². The van der Waals surface area contributed by atoms with Crippen LogP contribution in [0, 0.1) is 0 Å². The highest BCUT2D eigenvalue weighted by Crippen LogP contribution is 2.22. The van der Waals surface area contributed by atoms with Crippen molar-refractivity contribution in [2.45, 2.75) is 11.7 Å². The summed E-state index contributed by atoms with van der Waals surface area (Å²) >= 11 is 2.96. The number of hydrogen-bond donors (Lipinski definition) is 1. The van der Waals surface area contributed by atoms with Crippen LogP contribution in [0.25, 0.3) is 0 Å². The van der Waals surface area contributed by atoms with E-state index in [-0.39, 0.29) is 17.3 Å². The lowest BCUT2D eigenvalue weighted by Crippen LogP contribution is -2.22. The monoisotopic (exact) mass is 299 g/mol. The van der Waals surface area contributed by atoms with Gasteiger partial charge < -0.3 is 9.72 Å². The van der Waals surface area contributed by atoms with Gasteiger partial charge in [-0.1, -0.05) is 15.9 Å². The van der Waals surface area contributed by atoms with Crippen LogP contribution in [0.1, 0.15) is 16.1 Å². The largest absolute Gasteiger partial charge is 0.574 e. The zero-order valence-electron chi connectivity index (χ0n) is 7.60. The molecule has 1 rings (SSSR count). The molecular formula is C8H5BrF3NO3. The van der Waals surface area contributed by atoms with Gasteiger partial charge >= 0.3 is 6.36 Å². The minimum absolute atomic E-state index is 0.0118. The van der Waals surface area contributed by atoms with Crippen molar-refractivity contribution in [1.29, 1.82) is 0 Å². The Bertz CT molecular complexity index is 455. The Morgan fingerprint density at radius 1 is 1.50 bits per heavy atom. The third kappa shape index (κ3) is 3.09. The molecule has 1 N–H and O–H groups in total. The summed E-state index contributed by atoms with van der Waals surface area (Å²) in [5.41, 5.74) is -1.35. The number of aromatic nitrogens is 1. The Hall–Kier alpha value is -1.31. The molecule has 0 spiro atoms. The molecule has 8 heteroatoms. The molecule has 1 heterocycles. The number of aldehydes is 1. The highest BCUT2D eigenvalue weighted by molar-refractivity contribution is 9.08. The summed E-state index contributed by atoms with van der Waals surface area (Å²) in [5.74, 6) is -0.899. The summed E-state index contributed by atoms with van der Waals surface area (Å²) in [5, 5.41) is 0.135. The molecule has 0 aromatic carbocycles. The molecule has 0 radical (unpaired) electrons. The van der Waals surface area contributed by atoms with Gasteiger partial charge in [0.2, 0.25) is 5.88 Å². The number of carbonyl (C=O) groups excluding carboxylic acids is 1. The first-order valence-electron chi connectivity index (χ1n) is 3.90. The zero-order chi connectivity index (χ0) is 12.3. The second-order valence-corrected chi connectivity index (χ2v) is 3.26. The summed E-state index contributed by atoms with van der Waals surface area (Å²) in [6, 6.07) is 1.02. The van der Waals surface area contributed by atoms with Crippen molar-refractivity contribution in [2.75, 3.05) is 0 Å². The third-order valence-corrected chi connectivity index (χ3v) is 2.17. The number of ether oxygens (including phenoxy) is 1. The fourth-order valence-corrected chi connectivity index (χ4v) is 1.28. The van der Waals surface area contributed by atoms with Gasteiger partial charge in [0.1, 0.15) is 5.56 Å². The number of nitrogens with one attached hydrogen (secondary N) is 1. The number of halogens is 4. The molecule has 1 aromatic heterocycles. The first-order chi connectivity index (χ1) is 7.37. The summed E-state index contributed by atoms with van der Waals surface area (Å²) in [6.07, 6.45) is -4.95. The molecule has 4 nitrogen and oxygen atoms in total. The number of pyridine rings is 1. The second kappa shape index (κ2) is 4.69. The lowest BCUT2D eigenvalue weighted by atomic mass is 10.2. The van der Waals surface area contributed by atoms with E-state index < -0.39 is 23.2 Å². The van der Waals surface area contributed by atoms with Crippen LogP contribution >= 0.6 is 15.9 Å². The number of H-pyrrole nitrogens is 1. The third-order valence-electron chi connectivity index (χ3n) is 1.57. The molecule has 0 amide bonds. The van der Waals surface area contributed by atoms with E-state index in [4.69, 9.17) is 0 Å². The summed E-state index contributed by atoms with van der Waals surface area (Å²) in [7, 11) is 0. The van der Waals surface area contributed by atoms with E-state index in [2.05, 4.69) is 25.7 Å². The van der Waals surface area contributed by atoms with E-state index in [1.807, 2.05) is 0 Å². The smallest absolute Gasteiger partial charge is 0.389 e. The van der Waals surface area contributed by atoms with Gasteiger partial charge in [-0.2, -0.15) is 0 Å². The van der Waals surface area contributed by atoms with Crippen LogP contribution < -0.4 is 10.2 Å². The van der Waals surface area contributed by atoms with Crippen molar-refractivity contribution in [3.63, 3.8) is 0 Å². The van der Waals surface area contributed by atoms with Crippen LogP contribution in [-0.2, 0) is 5.33 Å². The lowest BCUT2D eigenvalue weighted by Gasteiger charge is -2.11. The molecule has 0 aliphatic heterocycles. The first-order valence-corrected chi connectivity index (χ1v) is 5.02. The number of carbonyl (C=O) groups is 1. The van der Waals surface area contributed by atoms with Gasteiger partial charge in [-0.05, 0) is 0 Å². The summed E-state index contributed by atoms with van der Waals surface area (Å²) in [4.78, 5) is 23.9. The van der Waals surface area contributed by atoms with Crippen molar-refractivity contribution in [2.24, 2.45) is 0 Å². The quantitative estimate of drug-likeness (QED) is 0.686. The van der Waals surface area contributed by atoms with E-state index >= 15 is 0 Å². The zero-order valence-corrected chi connectivity index (χ0v) is 9.18. The summed E-state index contributed by atoms with van der Waals surface area (Å²) in [6.45, 7) is 0. The minimum Gasteiger partial charge on any atom is -0.389 e. The average molecular weight is 300 g/mol. The minimum atomic E-state index is -4.97. The van der Waals surface area contributed by atoms with Gasteiger partial charge in [0, 0.05) is 17.1 Å². The maximum atomic E-state index is 12.0. The topological polar surface area (TPSA) is 59.2 Å². The fourth-order valence-electron chi connectivity index (χ4n) is 0.977. The molecule has 88 valence electrons. The maximum absolute atomic E-state index is 12.0. The van der Waals surface area contributed by atoms with Gasteiger partial charge in [-0.25, -0.2) is 0 Å². The lowest BCUT2D eigenvalue weighted by molar-refractivity contribution is -0.276. The SMILES string of the molecule is O=Cc1c(OC(F)(F)F)[nH]c(CBr)cc1=O. The van der Waals surface area contributed by atoms with Crippen LogP contribution in [0.4, 0.5) is 13.2 Å². The van der Waals surface area contributed by atoms with Crippen molar-refractivity contribution in [3.8, 4) is 5.88 Å². The molecule has 0 aliphatic carbocycles. The molecule has 0 unspecified atom stereocenters. The van der Waals surface area contributed by atoms with Gasteiger partial charge in [0.05, 0.1) is 0 Å². The Kier molecular flexibility index (Phi) is 3.74. The van der Waals surface area contributed by atoms with Gasteiger partial charge in [-0.3, -0.25) is 9.59 Å². The summed E-state index contributed by atoms with van der Waals surface area (Å²) < 4.78 is 39.4.